The van der Waals surface area contributed by atoms with Gasteiger partial charge in [0.2, 0.25) is 0 Å². The number of esters is 2. The highest BCUT2D eigenvalue weighted by Crippen LogP contribution is 2.35. The van der Waals surface area contributed by atoms with Crippen LogP contribution in [-0.2, 0) is 28.2 Å². The van der Waals surface area contributed by atoms with Crippen molar-refractivity contribution in [2.75, 3.05) is 13.2 Å². The van der Waals surface area contributed by atoms with Crippen LogP contribution in [0.3, 0.4) is 0 Å². The normalized spacial score (nSPS) is 12.8. The second-order valence-corrected chi connectivity index (χ2v) is 9.20. The van der Waals surface area contributed by atoms with Gasteiger partial charge in [0.25, 0.3) is 0 Å². The Labute approximate surface area is 193 Å². The van der Waals surface area contributed by atoms with Crippen LogP contribution in [-0.4, -0.2) is 41.0 Å². The maximum absolute atomic E-state index is 12.1. The van der Waals surface area contributed by atoms with Gasteiger partial charge in [-0.2, -0.15) is 0 Å². The Morgan fingerprint density at radius 1 is 0.781 bits per heavy atom. The zero-order valence-corrected chi connectivity index (χ0v) is 20.7. The van der Waals surface area contributed by atoms with Crippen LogP contribution in [0.1, 0.15) is 104 Å². The molecule has 1 atom stereocenters. The number of carbonyl (C=O) groups is 2. The van der Waals surface area contributed by atoms with Crippen molar-refractivity contribution in [2.45, 2.75) is 110 Å². The molecule has 0 radical (unpaired) electrons. The largest absolute Gasteiger partial charge is 0.469 e. The van der Waals surface area contributed by atoms with E-state index in [-0.39, 0.29) is 19.4 Å². The zero-order valence-electron chi connectivity index (χ0n) is 19.8. The van der Waals surface area contributed by atoms with Crippen LogP contribution in [0.2, 0.25) is 0 Å². The van der Waals surface area contributed by atoms with Gasteiger partial charge in [0.15, 0.2) is 6.10 Å². The Balaban J connectivity index is 4.15. The first kappa shape index (κ1) is 30.8. The van der Waals surface area contributed by atoms with E-state index in [1.54, 1.807) is 0 Å². The van der Waals surface area contributed by atoms with Crippen LogP contribution in [0.25, 0.3) is 0 Å². The quantitative estimate of drug-likeness (QED) is 0.0946. The molecule has 0 amide bonds. The third-order valence-electron chi connectivity index (χ3n) is 4.77. The van der Waals surface area contributed by atoms with E-state index in [1.165, 1.54) is 6.42 Å². The number of hydrogen-bond donors (Lipinski definition) is 2. The predicted octanol–water partition coefficient (Wildman–Crippen LogP) is 5.61. The lowest BCUT2D eigenvalue weighted by atomic mass is 10.1. The first-order valence-electron chi connectivity index (χ1n) is 12.0. The number of unbranched alkanes of at least 4 members (excludes halogenated alkanes) is 9. The molecule has 2 N–H and O–H groups in total. The average Bonchev–Trinajstić information content (AvgIpc) is 2.74. The minimum absolute atomic E-state index is 0.202. The number of rotatable bonds is 21. The van der Waals surface area contributed by atoms with E-state index in [0.29, 0.717) is 12.8 Å². The maximum Gasteiger partial charge on any atom is 0.469 e. The van der Waals surface area contributed by atoms with Gasteiger partial charge in [-0.3, -0.25) is 14.1 Å². The lowest BCUT2D eigenvalue weighted by Gasteiger charge is -2.18. The van der Waals surface area contributed by atoms with Crippen LogP contribution < -0.4 is 0 Å². The highest BCUT2D eigenvalue weighted by Gasteiger charge is 2.22. The summed E-state index contributed by atoms with van der Waals surface area (Å²) in [4.78, 5) is 41.7. The van der Waals surface area contributed by atoms with Crippen molar-refractivity contribution in [1.29, 1.82) is 0 Å². The molecule has 0 spiro atoms. The summed E-state index contributed by atoms with van der Waals surface area (Å²) in [6.45, 7) is 3.41. The SMILES string of the molecule is CCC/C=C\CCCCCCCC(=O)OC(COC(=O)CCCCCC)COP(=O)(O)O. The molecule has 32 heavy (non-hydrogen) atoms. The lowest BCUT2D eigenvalue weighted by Crippen LogP contribution is -2.29. The minimum atomic E-state index is -4.72. The summed E-state index contributed by atoms with van der Waals surface area (Å²) in [5, 5.41) is 0. The smallest absolute Gasteiger partial charge is 0.462 e. The second-order valence-electron chi connectivity index (χ2n) is 7.96. The van der Waals surface area contributed by atoms with Gasteiger partial charge in [-0.25, -0.2) is 4.57 Å². The van der Waals surface area contributed by atoms with Crippen molar-refractivity contribution in [2.24, 2.45) is 0 Å². The van der Waals surface area contributed by atoms with Gasteiger partial charge in [-0.05, 0) is 32.1 Å². The van der Waals surface area contributed by atoms with E-state index in [9.17, 15) is 14.2 Å². The third kappa shape index (κ3) is 22.0. The summed E-state index contributed by atoms with van der Waals surface area (Å²) in [5.74, 6) is -0.923. The van der Waals surface area contributed by atoms with Gasteiger partial charge in [-0.1, -0.05) is 70.9 Å². The van der Waals surface area contributed by atoms with Gasteiger partial charge >= 0.3 is 19.8 Å². The molecular formula is C23H43O8P. The predicted molar refractivity (Wildman–Crippen MR) is 124 cm³/mol. The molecule has 8 nitrogen and oxygen atoms in total. The van der Waals surface area contributed by atoms with Crippen LogP contribution in [0.4, 0.5) is 0 Å². The number of phosphoric ester groups is 1. The van der Waals surface area contributed by atoms with Crippen molar-refractivity contribution in [3.05, 3.63) is 12.2 Å². The number of allylic oxidation sites excluding steroid dienone is 2. The fourth-order valence-corrected chi connectivity index (χ4v) is 3.32. The molecule has 0 rings (SSSR count). The molecule has 0 saturated heterocycles. The molecule has 0 aliphatic carbocycles. The molecule has 0 saturated carbocycles. The first-order valence-corrected chi connectivity index (χ1v) is 13.5. The van der Waals surface area contributed by atoms with Crippen molar-refractivity contribution in [3.63, 3.8) is 0 Å². The van der Waals surface area contributed by atoms with E-state index in [2.05, 4.69) is 30.5 Å². The molecule has 0 aromatic rings. The Morgan fingerprint density at radius 3 is 2.03 bits per heavy atom. The Hall–Kier alpha value is -1.21. The first-order chi connectivity index (χ1) is 15.3. The monoisotopic (exact) mass is 478 g/mol. The fraction of sp³-hybridized carbons (Fsp3) is 0.826. The zero-order chi connectivity index (χ0) is 24.1. The molecule has 0 aromatic heterocycles. The Morgan fingerprint density at radius 2 is 1.38 bits per heavy atom. The Bertz CT molecular complexity index is 558. The number of carbonyl (C=O) groups excluding carboxylic acids is 2. The van der Waals surface area contributed by atoms with Crippen molar-refractivity contribution >= 4 is 19.8 Å². The van der Waals surface area contributed by atoms with E-state index in [0.717, 1.165) is 57.8 Å². The summed E-state index contributed by atoms with van der Waals surface area (Å²) >= 11 is 0. The van der Waals surface area contributed by atoms with Crippen LogP contribution in [0.5, 0.6) is 0 Å². The van der Waals surface area contributed by atoms with Crippen molar-refractivity contribution < 1.29 is 37.9 Å². The molecule has 188 valence electrons. The molecular weight excluding hydrogens is 435 g/mol. The summed E-state index contributed by atoms with van der Waals surface area (Å²) in [5.41, 5.74) is 0. The Kier molecular flexibility index (Phi) is 19.6. The van der Waals surface area contributed by atoms with Gasteiger partial charge < -0.3 is 19.3 Å². The number of phosphoric acid groups is 1. The summed E-state index contributed by atoms with van der Waals surface area (Å²) < 4.78 is 25.7. The molecule has 0 aliphatic rings. The van der Waals surface area contributed by atoms with Crippen LogP contribution >= 0.6 is 7.82 Å². The van der Waals surface area contributed by atoms with Gasteiger partial charge in [-0.15, -0.1) is 0 Å². The van der Waals surface area contributed by atoms with E-state index >= 15 is 0 Å². The minimum Gasteiger partial charge on any atom is -0.462 e. The van der Waals surface area contributed by atoms with Crippen LogP contribution in [0.15, 0.2) is 12.2 Å². The van der Waals surface area contributed by atoms with Crippen LogP contribution in [0, 0.1) is 0 Å². The van der Waals surface area contributed by atoms with Crippen molar-refractivity contribution in [3.8, 4) is 0 Å². The molecule has 1 unspecified atom stereocenters. The van der Waals surface area contributed by atoms with Gasteiger partial charge in [0.05, 0.1) is 6.61 Å². The highest BCUT2D eigenvalue weighted by molar-refractivity contribution is 7.46. The summed E-state index contributed by atoms with van der Waals surface area (Å²) in [7, 11) is -4.72. The molecule has 0 aromatic carbocycles. The molecule has 0 fully saturated rings. The van der Waals surface area contributed by atoms with Gasteiger partial charge in [0.1, 0.15) is 6.61 Å². The third-order valence-corrected chi connectivity index (χ3v) is 5.25. The maximum atomic E-state index is 12.1. The van der Waals surface area contributed by atoms with E-state index in [1.807, 2.05) is 0 Å². The topological polar surface area (TPSA) is 119 Å². The molecule has 0 bridgehead atoms. The summed E-state index contributed by atoms with van der Waals surface area (Å²) in [6, 6.07) is 0. The summed E-state index contributed by atoms with van der Waals surface area (Å²) in [6.07, 6.45) is 15.8. The van der Waals surface area contributed by atoms with Gasteiger partial charge in [0, 0.05) is 12.8 Å². The number of ether oxygens (including phenoxy) is 2. The standard InChI is InChI=1S/C23H43O8P/c1-3-5-7-9-10-11-12-13-14-16-18-23(25)31-21(20-30-32(26,27)28)19-29-22(24)17-15-8-6-4-2/h7,9,21H,3-6,8,10-20H2,1-2H3,(H2,26,27,28)/b9-7-. The second kappa shape index (κ2) is 20.4. The number of hydrogen-bond acceptors (Lipinski definition) is 6. The van der Waals surface area contributed by atoms with E-state index < -0.39 is 32.5 Å². The molecule has 0 aliphatic heterocycles. The lowest BCUT2D eigenvalue weighted by molar-refractivity contribution is -0.161. The average molecular weight is 479 g/mol. The molecule has 9 heteroatoms. The van der Waals surface area contributed by atoms with E-state index in [4.69, 9.17) is 19.3 Å². The molecule has 0 heterocycles. The highest BCUT2D eigenvalue weighted by atomic mass is 31.2. The van der Waals surface area contributed by atoms with Crippen molar-refractivity contribution in [1.82, 2.24) is 0 Å². The fourth-order valence-electron chi connectivity index (χ4n) is 2.96.